The second kappa shape index (κ2) is 6.75. The Bertz CT molecular complexity index is 579. The van der Waals surface area contributed by atoms with E-state index in [1.165, 1.54) is 0 Å². The van der Waals surface area contributed by atoms with Gasteiger partial charge in [0.25, 0.3) is 0 Å². The number of aliphatic imine (C=N–C) groups is 1. The van der Waals surface area contributed by atoms with E-state index in [1.54, 1.807) is 14.2 Å². The SMILES string of the molecule is COc1ccc(OC)c([C@@H](C)N=Cc2ccccc2)c1. The molecule has 2 rings (SSSR count). The lowest BCUT2D eigenvalue weighted by atomic mass is 10.1. The Balaban J connectivity index is 2.24. The number of hydrogen-bond donors (Lipinski definition) is 0. The minimum atomic E-state index is 0.000237. The van der Waals surface area contributed by atoms with Crippen molar-refractivity contribution in [3.05, 3.63) is 59.7 Å². The highest BCUT2D eigenvalue weighted by Gasteiger charge is 2.11. The average Bonchev–Trinajstić information content (AvgIpc) is 2.52. The van der Waals surface area contributed by atoms with Crippen LogP contribution in [0.1, 0.15) is 24.1 Å². The number of rotatable bonds is 5. The topological polar surface area (TPSA) is 30.8 Å². The van der Waals surface area contributed by atoms with Crippen LogP contribution >= 0.6 is 0 Å². The second-order valence-electron chi connectivity index (χ2n) is 4.47. The second-order valence-corrected chi connectivity index (χ2v) is 4.47. The third-order valence-corrected chi connectivity index (χ3v) is 3.13. The molecule has 0 spiro atoms. The van der Waals surface area contributed by atoms with Gasteiger partial charge in [-0.15, -0.1) is 0 Å². The van der Waals surface area contributed by atoms with Gasteiger partial charge in [-0.25, -0.2) is 0 Å². The van der Waals surface area contributed by atoms with Gasteiger partial charge < -0.3 is 9.47 Å². The highest BCUT2D eigenvalue weighted by Crippen LogP contribution is 2.31. The molecule has 1 atom stereocenters. The van der Waals surface area contributed by atoms with Crippen LogP contribution in [0.5, 0.6) is 11.5 Å². The summed E-state index contributed by atoms with van der Waals surface area (Å²) >= 11 is 0. The Labute approximate surface area is 119 Å². The molecule has 3 heteroatoms. The van der Waals surface area contributed by atoms with Gasteiger partial charge in [-0.2, -0.15) is 0 Å². The van der Waals surface area contributed by atoms with Crippen LogP contribution < -0.4 is 9.47 Å². The lowest BCUT2D eigenvalue weighted by molar-refractivity contribution is 0.396. The summed E-state index contributed by atoms with van der Waals surface area (Å²) in [7, 11) is 3.32. The Morgan fingerprint density at radius 3 is 2.40 bits per heavy atom. The van der Waals surface area contributed by atoms with Crippen molar-refractivity contribution in [3.8, 4) is 11.5 Å². The summed E-state index contributed by atoms with van der Waals surface area (Å²) in [6.07, 6.45) is 1.88. The van der Waals surface area contributed by atoms with E-state index in [0.29, 0.717) is 0 Å². The average molecular weight is 269 g/mol. The van der Waals surface area contributed by atoms with Crippen molar-refractivity contribution in [3.63, 3.8) is 0 Å². The molecule has 0 heterocycles. The lowest BCUT2D eigenvalue weighted by Gasteiger charge is -2.13. The van der Waals surface area contributed by atoms with Crippen LogP contribution in [0.25, 0.3) is 0 Å². The standard InChI is InChI=1S/C17H19NO2/c1-13(18-12-14-7-5-4-6-8-14)16-11-15(19-2)9-10-17(16)20-3/h4-13H,1-3H3/t13-/m1/s1. The first-order valence-corrected chi connectivity index (χ1v) is 6.54. The maximum Gasteiger partial charge on any atom is 0.124 e. The smallest absolute Gasteiger partial charge is 0.124 e. The Morgan fingerprint density at radius 2 is 1.75 bits per heavy atom. The van der Waals surface area contributed by atoms with Crippen LogP contribution in [-0.2, 0) is 0 Å². The van der Waals surface area contributed by atoms with Crippen molar-refractivity contribution in [2.45, 2.75) is 13.0 Å². The molecule has 20 heavy (non-hydrogen) atoms. The Hall–Kier alpha value is -2.29. The van der Waals surface area contributed by atoms with Crippen molar-refractivity contribution >= 4 is 6.21 Å². The molecule has 0 N–H and O–H groups in total. The molecule has 0 unspecified atom stereocenters. The molecule has 0 fully saturated rings. The van der Waals surface area contributed by atoms with Crippen molar-refractivity contribution in [1.29, 1.82) is 0 Å². The maximum atomic E-state index is 5.39. The molecule has 0 aliphatic rings. The van der Waals surface area contributed by atoms with E-state index in [9.17, 15) is 0 Å². The number of nitrogens with zero attached hydrogens (tertiary/aromatic N) is 1. The maximum absolute atomic E-state index is 5.39. The highest BCUT2D eigenvalue weighted by molar-refractivity contribution is 5.79. The third kappa shape index (κ3) is 3.38. The summed E-state index contributed by atoms with van der Waals surface area (Å²) in [6.45, 7) is 2.04. The van der Waals surface area contributed by atoms with Crippen LogP contribution in [0.15, 0.2) is 53.5 Å². The zero-order chi connectivity index (χ0) is 14.4. The van der Waals surface area contributed by atoms with Crippen molar-refractivity contribution in [2.24, 2.45) is 4.99 Å². The van der Waals surface area contributed by atoms with Crippen molar-refractivity contribution in [2.75, 3.05) is 14.2 Å². The minimum absolute atomic E-state index is 0.000237. The zero-order valence-corrected chi connectivity index (χ0v) is 12.0. The monoisotopic (exact) mass is 269 g/mol. The molecule has 0 saturated heterocycles. The fourth-order valence-electron chi connectivity index (χ4n) is 1.98. The molecule has 0 bridgehead atoms. The van der Waals surface area contributed by atoms with Crippen LogP contribution in [0.3, 0.4) is 0 Å². The summed E-state index contributed by atoms with van der Waals surface area (Å²) in [5, 5.41) is 0. The molecule has 0 saturated carbocycles. The Morgan fingerprint density at radius 1 is 1.00 bits per heavy atom. The van der Waals surface area contributed by atoms with Gasteiger partial charge in [0.15, 0.2) is 0 Å². The quantitative estimate of drug-likeness (QED) is 0.771. The molecule has 0 aliphatic heterocycles. The van der Waals surface area contributed by atoms with Crippen LogP contribution in [-0.4, -0.2) is 20.4 Å². The van der Waals surface area contributed by atoms with Gasteiger partial charge in [-0.1, -0.05) is 30.3 Å². The third-order valence-electron chi connectivity index (χ3n) is 3.13. The van der Waals surface area contributed by atoms with E-state index < -0.39 is 0 Å². The molecule has 3 nitrogen and oxygen atoms in total. The number of methoxy groups -OCH3 is 2. The summed E-state index contributed by atoms with van der Waals surface area (Å²) in [6, 6.07) is 15.8. The molecule has 2 aromatic carbocycles. The van der Waals surface area contributed by atoms with E-state index in [1.807, 2.05) is 61.7 Å². The molecule has 0 radical (unpaired) electrons. The van der Waals surface area contributed by atoms with Crippen LogP contribution in [0, 0.1) is 0 Å². The summed E-state index contributed by atoms with van der Waals surface area (Å²) < 4.78 is 10.6. The van der Waals surface area contributed by atoms with Crippen LogP contribution in [0.2, 0.25) is 0 Å². The predicted octanol–water partition coefficient (Wildman–Crippen LogP) is 3.88. The highest BCUT2D eigenvalue weighted by atomic mass is 16.5. The first-order chi connectivity index (χ1) is 9.74. The van der Waals surface area contributed by atoms with E-state index in [-0.39, 0.29) is 6.04 Å². The summed E-state index contributed by atoms with van der Waals surface area (Å²) in [5.41, 5.74) is 2.10. The lowest BCUT2D eigenvalue weighted by Crippen LogP contribution is -1.97. The Kier molecular flexibility index (Phi) is 4.77. The van der Waals surface area contributed by atoms with Gasteiger partial charge in [0.2, 0.25) is 0 Å². The van der Waals surface area contributed by atoms with Gasteiger partial charge in [0, 0.05) is 11.8 Å². The van der Waals surface area contributed by atoms with E-state index in [0.717, 1.165) is 22.6 Å². The van der Waals surface area contributed by atoms with Gasteiger partial charge in [-0.3, -0.25) is 4.99 Å². The molecule has 104 valence electrons. The first kappa shape index (κ1) is 14.1. The number of ether oxygens (including phenoxy) is 2. The normalized spacial score (nSPS) is 12.3. The van der Waals surface area contributed by atoms with Gasteiger partial charge >= 0.3 is 0 Å². The largest absolute Gasteiger partial charge is 0.497 e. The van der Waals surface area contributed by atoms with Gasteiger partial charge in [-0.05, 0) is 30.7 Å². The molecule has 2 aromatic rings. The fraction of sp³-hybridized carbons (Fsp3) is 0.235. The van der Waals surface area contributed by atoms with E-state index in [4.69, 9.17) is 9.47 Å². The molecule has 0 aromatic heterocycles. The fourth-order valence-corrected chi connectivity index (χ4v) is 1.98. The zero-order valence-electron chi connectivity index (χ0n) is 12.0. The van der Waals surface area contributed by atoms with Crippen LogP contribution in [0.4, 0.5) is 0 Å². The minimum Gasteiger partial charge on any atom is -0.497 e. The predicted molar refractivity (Wildman–Crippen MR) is 82.0 cm³/mol. The van der Waals surface area contributed by atoms with E-state index >= 15 is 0 Å². The molecular weight excluding hydrogens is 250 g/mol. The molecule has 0 aliphatic carbocycles. The number of hydrogen-bond acceptors (Lipinski definition) is 3. The summed E-state index contributed by atoms with van der Waals surface area (Å²) in [5.74, 6) is 1.63. The van der Waals surface area contributed by atoms with Crippen molar-refractivity contribution in [1.82, 2.24) is 0 Å². The van der Waals surface area contributed by atoms with Gasteiger partial charge in [0.1, 0.15) is 11.5 Å². The molecular formula is C17H19NO2. The molecule has 0 amide bonds. The summed E-state index contributed by atoms with van der Waals surface area (Å²) in [4.78, 5) is 4.59. The van der Waals surface area contributed by atoms with Gasteiger partial charge in [0.05, 0.1) is 20.3 Å². The van der Waals surface area contributed by atoms with E-state index in [2.05, 4.69) is 4.99 Å². The first-order valence-electron chi connectivity index (χ1n) is 6.54. The van der Waals surface area contributed by atoms with Crippen molar-refractivity contribution < 1.29 is 9.47 Å². The number of benzene rings is 2.